The van der Waals surface area contributed by atoms with Crippen molar-refractivity contribution in [1.82, 2.24) is 15.1 Å². The first kappa shape index (κ1) is 25.4. The number of nitrogens with two attached hydrogens (primary N) is 1. The normalized spacial score (nSPS) is 14.8. The summed E-state index contributed by atoms with van der Waals surface area (Å²) in [4.78, 5) is 42.8. The van der Waals surface area contributed by atoms with Gasteiger partial charge >= 0.3 is 0 Å². The molecule has 1 aliphatic rings. The summed E-state index contributed by atoms with van der Waals surface area (Å²) in [6, 6.07) is 16.0. The van der Waals surface area contributed by atoms with E-state index in [0.29, 0.717) is 36.4 Å². The third kappa shape index (κ3) is 6.30. The molecular formula is C27H31N5O3S. The molecule has 3 amide bonds. The monoisotopic (exact) mass is 505 g/mol. The molecule has 2 aromatic carbocycles. The second-order valence-corrected chi connectivity index (χ2v) is 9.96. The number of amides is 3. The molecule has 0 saturated carbocycles. The number of hydrogen-bond donors (Lipinski definition) is 3. The Kier molecular flexibility index (Phi) is 8.02. The smallest absolute Gasteiger partial charge is 0.255 e. The Morgan fingerprint density at radius 3 is 2.39 bits per heavy atom. The van der Waals surface area contributed by atoms with Crippen molar-refractivity contribution in [2.45, 2.75) is 19.4 Å². The van der Waals surface area contributed by atoms with Crippen LogP contribution in [-0.2, 0) is 16.0 Å². The van der Waals surface area contributed by atoms with Crippen LogP contribution in [0.3, 0.4) is 0 Å². The fourth-order valence-electron chi connectivity index (χ4n) is 4.18. The van der Waals surface area contributed by atoms with Crippen molar-refractivity contribution in [3.8, 4) is 10.4 Å². The van der Waals surface area contributed by atoms with Crippen molar-refractivity contribution >= 4 is 40.4 Å². The van der Waals surface area contributed by atoms with E-state index in [0.717, 1.165) is 29.1 Å². The first-order valence-corrected chi connectivity index (χ1v) is 12.8. The third-order valence-electron chi connectivity index (χ3n) is 6.25. The van der Waals surface area contributed by atoms with E-state index in [-0.39, 0.29) is 17.7 Å². The molecule has 3 aromatic rings. The fourth-order valence-corrected chi connectivity index (χ4v) is 4.90. The Labute approximate surface area is 215 Å². The van der Waals surface area contributed by atoms with E-state index < -0.39 is 6.04 Å². The van der Waals surface area contributed by atoms with Gasteiger partial charge in [0.05, 0.1) is 11.4 Å². The molecule has 0 unspecified atom stereocenters. The van der Waals surface area contributed by atoms with Crippen molar-refractivity contribution in [2.75, 3.05) is 44.3 Å². The lowest BCUT2D eigenvalue weighted by Gasteiger charge is -2.34. The maximum absolute atomic E-state index is 13.1. The first-order valence-electron chi connectivity index (χ1n) is 11.9. The summed E-state index contributed by atoms with van der Waals surface area (Å²) in [5.74, 6) is -0.606. The number of carbonyl (C=O) groups excluding carboxylic acids is 3. The number of benzene rings is 2. The first-order chi connectivity index (χ1) is 17.3. The summed E-state index contributed by atoms with van der Waals surface area (Å²) in [5, 5.41) is 7.69. The number of rotatable bonds is 7. The minimum Gasteiger partial charge on any atom is -0.397 e. The van der Waals surface area contributed by atoms with Crippen LogP contribution in [0.2, 0.25) is 0 Å². The van der Waals surface area contributed by atoms with E-state index in [1.54, 1.807) is 34.4 Å². The van der Waals surface area contributed by atoms with Crippen LogP contribution < -0.4 is 16.4 Å². The van der Waals surface area contributed by atoms with Gasteiger partial charge in [-0.05, 0) is 53.9 Å². The number of piperazine rings is 1. The van der Waals surface area contributed by atoms with Gasteiger partial charge in [0, 0.05) is 50.0 Å². The Balaban J connectivity index is 1.43. The largest absolute Gasteiger partial charge is 0.397 e. The number of thiophene rings is 1. The number of carbonyl (C=O) groups is 3. The van der Waals surface area contributed by atoms with Crippen molar-refractivity contribution in [2.24, 2.45) is 0 Å². The predicted molar refractivity (Wildman–Crippen MR) is 144 cm³/mol. The molecule has 8 nitrogen and oxygen atoms in total. The Hall–Kier alpha value is -3.69. The zero-order valence-electron chi connectivity index (χ0n) is 20.5. The van der Waals surface area contributed by atoms with Crippen molar-refractivity contribution < 1.29 is 14.4 Å². The summed E-state index contributed by atoms with van der Waals surface area (Å²) < 4.78 is 0. The molecule has 4 N–H and O–H groups in total. The van der Waals surface area contributed by atoms with Gasteiger partial charge in [-0.2, -0.15) is 0 Å². The van der Waals surface area contributed by atoms with Crippen LogP contribution in [0.15, 0.2) is 60.0 Å². The van der Waals surface area contributed by atoms with Crippen LogP contribution in [0.4, 0.5) is 11.4 Å². The molecule has 1 saturated heterocycles. The van der Waals surface area contributed by atoms with Crippen LogP contribution in [-0.4, -0.2) is 66.8 Å². The molecule has 188 valence electrons. The predicted octanol–water partition coefficient (Wildman–Crippen LogP) is 3.07. The van der Waals surface area contributed by atoms with Gasteiger partial charge in [0.1, 0.15) is 6.04 Å². The Morgan fingerprint density at radius 1 is 1.03 bits per heavy atom. The lowest BCUT2D eigenvalue weighted by molar-refractivity contribution is -0.137. The lowest BCUT2D eigenvalue weighted by Crippen LogP contribution is -2.54. The van der Waals surface area contributed by atoms with Crippen molar-refractivity contribution in [3.05, 3.63) is 71.1 Å². The standard InChI is InChI=1S/C27H31N5O3S/c1-18(33)29-24(27(35)32-13-11-31(2)12-14-32)16-19-5-7-20(8-6-19)26(34)30-23-17-21(9-10-22(23)28)25-4-3-15-36-25/h3-10,15,17,24H,11-14,16,28H2,1-2H3,(H,29,33)(H,30,34)/t24-/m0/s1. The summed E-state index contributed by atoms with van der Waals surface area (Å²) >= 11 is 1.62. The highest BCUT2D eigenvalue weighted by atomic mass is 32.1. The highest BCUT2D eigenvalue weighted by molar-refractivity contribution is 7.13. The van der Waals surface area contributed by atoms with E-state index in [1.807, 2.05) is 48.8 Å². The molecule has 0 aliphatic carbocycles. The molecule has 1 aromatic heterocycles. The van der Waals surface area contributed by atoms with Gasteiger partial charge in [-0.1, -0.05) is 24.3 Å². The molecule has 0 spiro atoms. The van der Waals surface area contributed by atoms with Crippen molar-refractivity contribution in [1.29, 1.82) is 0 Å². The number of nitrogen functional groups attached to an aromatic ring is 1. The zero-order valence-corrected chi connectivity index (χ0v) is 21.3. The van der Waals surface area contributed by atoms with Crippen molar-refractivity contribution in [3.63, 3.8) is 0 Å². The second-order valence-electron chi connectivity index (χ2n) is 9.02. The molecule has 0 radical (unpaired) electrons. The second kappa shape index (κ2) is 11.4. The molecule has 1 atom stereocenters. The van der Waals surface area contributed by atoms with Crippen LogP contribution in [0.1, 0.15) is 22.8 Å². The van der Waals surface area contributed by atoms with E-state index >= 15 is 0 Å². The quantitative estimate of drug-likeness (QED) is 0.428. The molecule has 36 heavy (non-hydrogen) atoms. The van der Waals surface area contributed by atoms with Crippen LogP contribution in [0.25, 0.3) is 10.4 Å². The SMILES string of the molecule is CC(=O)N[C@@H](Cc1ccc(C(=O)Nc2cc(-c3cccs3)ccc2N)cc1)C(=O)N1CCN(C)CC1. The lowest BCUT2D eigenvalue weighted by atomic mass is 10.0. The zero-order chi connectivity index (χ0) is 25.7. The Bertz CT molecular complexity index is 1220. The summed E-state index contributed by atoms with van der Waals surface area (Å²) in [6.07, 6.45) is 0.350. The minimum absolute atomic E-state index is 0.0822. The van der Waals surface area contributed by atoms with E-state index in [2.05, 4.69) is 15.5 Å². The number of anilines is 2. The molecular weight excluding hydrogens is 474 g/mol. The number of hydrogen-bond acceptors (Lipinski definition) is 6. The van der Waals surface area contributed by atoms with Gasteiger partial charge in [-0.3, -0.25) is 14.4 Å². The van der Waals surface area contributed by atoms with Crippen LogP contribution >= 0.6 is 11.3 Å². The average molecular weight is 506 g/mol. The summed E-state index contributed by atoms with van der Waals surface area (Å²) in [6.45, 7) is 4.31. The summed E-state index contributed by atoms with van der Waals surface area (Å²) in [5.41, 5.74) is 9.45. The highest BCUT2D eigenvalue weighted by Gasteiger charge is 2.27. The van der Waals surface area contributed by atoms with Crippen LogP contribution in [0.5, 0.6) is 0 Å². The fraction of sp³-hybridized carbons (Fsp3) is 0.296. The third-order valence-corrected chi connectivity index (χ3v) is 7.17. The average Bonchev–Trinajstić information content (AvgIpc) is 3.40. The number of nitrogens with one attached hydrogen (secondary N) is 2. The van der Waals surface area contributed by atoms with Gasteiger partial charge in [-0.15, -0.1) is 11.3 Å². The van der Waals surface area contributed by atoms with Gasteiger partial charge < -0.3 is 26.2 Å². The van der Waals surface area contributed by atoms with E-state index in [1.165, 1.54) is 6.92 Å². The van der Waals surface area contributed by atoms with Gasteiger partial charge in [-0.25, -0.2) is 0 Å². The number of nitrogens with zero attached hydrogens (tertiary/aromatic N) is 2. The Morgan fingerprint density at radius 2 is 1.75 bits per heavy atom. The minimum atomic E-state index is -0.648. The summed E-state index contributed by atoms with van der Waals surface area (Å²) in [7, 11) is 2.03. The maximum atomic E-state index is 13.1. The van der Waals surface area contributed by atoms with Crippen LogP contribution in [0, 0.1) is 0 Å². The topological polar surface area (TPSA) is 108 Å². The molecule has 4 rings (SSSR count). The van der Waals surface area contributed by atoms with E-state index in [4.69, 9.17) is 5.73 Å². The van der Waals surface area contributed by atoms with Gasteiger partial charge in [0.15, 0.2) is 0 Å². The van der Waals surface area contributed by atoms with E-state index in [9.17, 15) is 14.4 Å². The maximum Gasteiger partial charge on any atom is 0.255 e. The molecule has 2 heterocycles. The van der Waals surface area contributed by atoms with Gasteiger partial charge in [0.2, 0.25) is 11.8 Å². The molecule has 9 heteroatoms. The highest BCUT2D eigenvalue weighted by Crippen LogP contribution is 2.30. The molecule has 1 fully saturated rings. The van der Waals surface area contributed by atoms with Gasteiger partial charge in [0.25, 0.3) is 5.91 Å². The molecule has 0 bridgehead atoms. The molecule has 1 aliphatic heterocycles. The number of likely N-dealkylation sites (N-methyl/N-ethyl adjacent to an activating group) is 1.